The standard InChI is InChI=1S/C19H19BrN4O4S/c1-21-29(26,27)17-9-13(3-6-16(17)28-2)4-8-19(25)22-10-15-12-24-11-14(20)5-7-18(24)23-15/h3-9,11-12,21H,10H2,1-2H3,(H,22,25). The molecule has 0 aliphatic carbocycles. The van der Waals surface area contributed by atoms with Gasteiger partial charge in [0.05, 0.1) is 19.3 Å². The summed E-state index contributed by atoms with van der Waals surface area (Å²) >= 11 is 3.40. The highest BCUT2D eigenvalue weighted by Gasteiger charge is 2.17. The minimum absolute atomic E-state index is 0.000851. The third-order valence-corrected chi connectivity index (χ3v) is 5.99. The summed E-state index contributed by atoms with van der Waals surface area (Å²) in [4.78, 5) is 16.6. The molecular formula is C19H19BrN4O4S. The van der Waals surface area contributed by atoms with Gasteiger partial charge >= 0.3 is 0 Å². The van der Waals surface area contributed by atoms with Crippen molar-refractivity contribution in [1.29, 1.82) is 0 Å². The number of nitrogens with zero attached hydrogens (tertiary/aromatic N) is 2. The zero-order valence-electron chi connectivity index (χ0n) is 15.7. The Morgan fingerprint density at radius 2 is 2.07 bits per heavy atom. The number of hydrogen-bond donors (Lipinski definition) is 2. The number of aromatic nitrogens is 2. The first kappa shape index (κ1) is 21.0. The Morgan fingerprint density at radius 3 is 2.79 bits per heavy atom. The van der Waals surface area contributed by atoms with Crippen molar-refractivity contribution >= 4 is 43.6 Å². The van der Waals surface area contributed by atoms with Crippen molar-refractivity contribution in [3.63, 3.8) is 0 Å². The van der Waals surface area contributed by atoms with Crippen molar-refractivity contribution in [3.8, 4) is 5.75 Å². The zero-order chi connectivity index (χ0) is 21.0. The Bertz CT molecular complexity index is 1190. The van der Waals surface area contributed by atoms with Crippen molar-refractivity contribution in [2.24, 2.45) is 0 Å². The van der Waals surface area contributed by atoms with Gasteiger partial charge in [-0.25, -0.2) is 18.1 Å². The average Bonchev–Trinajstić information content (AvgIpc) is 3.12. The van der Waals surface area contributed by atoms with Gasteiger partial charge in [-0.3, -0.25) is 4.79 Å². The molecule has 1 amide bonds. The molecule has 3 aromatic rings. The van der Waals surface area contributed by atoms with Crippen LogP contribution in [-0.4, -0.2) is 37.9 Å². The Hall–Kier alpha value is -2.69. The van der Waals surface area contributed by atoms with Gasteiger partial charge in [0.2, 0.25) is 15.9 Å². The zero-order valence-corrected chi connectivity index (χ0v) is 18.1. The van der Waals surface area contributed by atoms with Gasteiger partial charge in [0.1, 0.15) is 16.3 Å². The highest BCUT2D eigenvalue weighted by atomic mass is 79.9. The lowest BCUT2D eigenvalue weighted by Crippen LogP contribution is -2.20. The molecule has 29 heavy (non-hydrogen) atoms. The van der Waals surface area contributed by atoms with Crippen molar-refractivity contribution in [3.05, 3.63) is 64.5 Å². The lowest BCUT2D eigenvalue weighted by Gasteiger charge is -2.09. The Balaban J connectivity index is 1.69. The lowest BCUT2D eigenvalue weighted by molar-refractivity contribution is -0.116. The molecule has 0 aliphatic rings. The second-order valence-electron chi connectivity index (χ2n) is 6.01. The van der Waals surface area contributed by atoms with E-state index in [0.29, 0.717) is 5.56 Å². The van der Waals surface area contributed by atoms with Gasteiger partial charge in [0.25, 0.3) is 0 Å². The first-order valence-corrected chi connectivity index (χ1v) is 10.8. The van der Waals surface area contributed by atoms with Crippen molar-refractivity contribution in [2.45, 2.75) is 11.4 Å². The van der Waals surface area contributed by atoms with Crippen molar-refractivity contribution < 1.29 is 17.9 Å². The van der Waals surface area contributed by atoms with Crippen LogP contribution < -0.4 is 14.8 Å². The van der Waals surface area contributed by atoms with Crippen LogP contribution in [0, 0.1) is 0 Å². The SMILES string of the molecule is CNS(=O)(=O)c1cc(C=CC(=O)NCc2cn3cc(Br)ccc3n2)ccc1OC. The van der Waals surface area contributed by atoms with Gasteiger partial charge in [-0.05, 0) is 58.9 Å². The smallest absolute Gasteiger partial charge is 0.244 e. The monoisotopic (exact) mass is 478 g/mol. The van der Waals surface area contributed by atoms with Crippen LogP contribution in [0.15, 0.2) is 58.2 Å². The summed E-state index contributed by atoms with van der Waals surface area (Å²) in [5.74, 6) is -0.100. The minimum Gasteiger partial charge on any atom is -0.495 e. The average molecular weight is 479 g/mol. The van der Waals surface area contributed by atoms with Crippen LogP contribution in [0.3, 0.4) is 0 Å². The van der Waals surface area contributed by atoms with Gasteiger partial charge < -0.3 is 14.5 Å². The minimum atomic E-state index is -3.69. The first-order chi connectivity index (χ1) is 13.8. The Kier molecular flexibility index (Phi) is 6.36. The number of amides is 1. The summed E-state index contributed by atoms with van der Waals surface area (Å²) in [6.07, 6.45) is 6.59. The van der Waals surface area contributed by atoms with Crippen LogP contribution in [0.25, 0.3) is 11.7 Å². The van der Waals surface area contributed by atoms with E-state index in [4.69, 9.17) is 4.74 Å². The normalized spacial score (nSPS) is 11.8. The predicted molar refractivity (Wildman–Crippen MR) is 113 cm³/mol. The Morgan fingerprint density at radius 1 is 1.28 bits per heavy atom. The maximum absolute atomic E-state index is 12.1. The molecular weight excluding hydrogens is 460 g/mol. The van der Waals surface area contributed by atoms with Gasteiger partial charge in [0, 0.05) is 22.9 Å². The number of methoxy groups -OCH3 is 1. The van der Waals surface area contributed by atoms with Crippen molar-refractivity contribution in [2.75, 3.05) is 14.2 Å². The molecule has 0 aliphatic heterocycles. The molecule has 0 spiro atoms. The fraction of sp³-hybridized carbons (Fsp3) is 0.158. The van der Waals surface area contributed by atoms with E-state index in [1.807, 2.05) is 28.9 Å². The number of halogens is 1. The number of rotatable bonds is 7. The molecule has 0 radical (unpaired) electrons. The summed E-state index contributed by atoms with van der Waals surface area (Å²) < 4.78 is 34.4. The second-order valence-corrected chi connectivity index (χ2v) is 8.78. The van der Waals surface area contributed by atoms with Crippen LogP contribution in [0.2, 0.25) is 0 Å². The summed E-state index contributed by atoms with van der Waals surface area (Å²) in [5.41, 5.74) is 2.05. The fourth-order valence-electron chi connectivity index (χ4n) is 2.63. The van der Waals surface area contributed by atoms with E-state index in [2.05, 4.69) is 31.0 Å². The third kappa shape index (κ3) is 5.03. The molecule has 0 bridgehead atoms. The topological polar surface area (TPSA) is 102 Å². The number of carbonyl (C=O) groups excluding carboxylic acids is 1. The predicted octanol–water partition coefficient (Wildman–Crippen LogP) is 2.34. The maximum Gasteiger partial charge on any atom is 0.244 e. The summed E-state index contributed by atoms with van der Waals surface area (Å²) in [6, 6.07) is 8.41. The van der Waals surface area contributed by atoms with E-state index in [-0.39, 0.29) is 23.1 Å². The molecule has 10 heteroatoms. The fourth-order valence-corrected chi connectivity index (χ4v) is 3.91. The van der Waals surface area contributed by atoms with Crippen LogP contribution >= 0.6 is 15.9 Å². The largest absolute Gasteiger partial charge is 0.495 e. The van der Waals surface area contributed by atoms with Crippen LogP contribution in [0.5, 0.6) is 5.75 Å². The molecule has 2 N–H and O–H groups in total. The van der Waals surface area contributed by atoms with Gasteiger partial charge in [-0.2, -0.15) is 0 Å². The first-order valence-electron chi connectivity index (χ1n) is 8.53. The highest BCUT2D eigenvalue weighted by molar-refractivity contribution is 9.10. The van der Waals surface area contributed by atoms with E-state index >= 15 is 0 Å². The quantitative estimate of drug-likeness (QED) is 0.507. The van der Waals surface area contributed by atoms with E-state index in [1.54, 1.807) is 6.07 Å². The number of ether oxygens (including phenoxy) is 1. The lowest BCUT2D eigenvalue weighted by atomic mass is 10.2. The third-order valence-electron chi connectivity index (χ3n) is 4.08. The van der Waals surface area contributed by atoms with Crippen LogP contribution in [0.4, 0.5) is 0 Å². The number of sulfonamides is 1. The molecule has 0 saturated heterocycles. The summed E-state index contributed by atoms with van der Waals surface area (Å²) in [7, 11) is -0.972. The van der Waals surface area contributed by atoms with E-state index in [0.717, 1.165) is 15.8 Å². The second kappa shape index (κ2) is 8.76. The van der Waals surface area contributed by atoms with Crippen LogP contribution in [-0.2, 0) is 21.4 Å². The number of pyridine rings is 1. The van der Waals surface area contributed by atoms with Crippen molar-refractivity contribution in [1.82, 2.24) is 19.4 Å². The molecule has 0 saturated carbocycles. The number of nitrogens with one attached hydrogen (secondary N) is 2. The van der Waals surface area contributed by atoms with E-state index in [9.17, 15) is 13.2 Å². The number of carbonyl (C=O) groups is 1. The molecule has 2 heterocycles. The Labute approximate surface area is 176 Å². The van der Waals surface area contributed by atoms with Gasteiger partial charge in [-0.1, -0.05) is 6.07 Å². The maximum atomic E-state index is 12.1. The molecule has 3 rings (SSSR count). The number of hydrogen-bond acceptors (Lipinski definition) is 5. The van der Waals surface area contributed by atoms with E-state index in [1.165, 1.54) is 38.4 Å². The molecule has 0 unspecified atom stereocenters. The molecule has 2 aromatic heterocycles. The summed E-state index contributed by atoms with van der Waals surface area (Å²) in [5, 5.41) is 2.75. The van der Waals surface area contributed by atoms with Crippen LogP contribution in [0.1, 0.15) is 11.3 Å². The van der Waals surface area contributed by atoms with Gasteiger partial charge in [-0.15, -0.1) is 0 Å². The molecule has 0 fully saturated rings. The number of imidazole rings is 1. The van der Waals surface area contributed by atoms with E-state index < -0.39 is 10.0 Å². The number of fused-ring (bicyclic) bond motifs is 1. The molecule has 1 aromatic carbocycles. The highest BCUT2D eigenvalue weighted by Crippen LogP contribution is 2.25. The molecule has 152 valence electrons. The number of benzene rings is 1. The summed E-state index contributed by atoms with van der Waals surface area (Å²) in [6.45, 7) is 0.268. The van der Waals surface area contributed by atoms with Gasteiger partial charge in [0.15, 0.2) is 0 Å². The molecule has 0 atom stereocenters. The molecule has 8 nitrogen and oxygen atoms in total.